The van der Waals surface area contributed by atoms with Gasteiger partial charge in [0.1, 0.15) is 0 Å². The molecule has 1 saturated heterocycles. The maximum Gasteiger partial charge on any atom is 0.262 e. The zero-order valence-corrected chi connectivity index (χ0v) is 15.1. The molecular weight excluding hydrogens is 336 g/mol. The number of nitrogens with one attached hydrogen (secondary N) is 1. The van der Waals surface area contributed by atoms with Gasteiger partial charge in [-0.1, -0.05) is 30.3 Å². The maximum absolute atomic E-state index is 12.5. The fourth-order valence-electron chi connectivity index (χ4n) is 3.01. The Bertz CT molecular complexity index is 854. The van der Waals surface area contributed by atoms with Crippen LogP contribution in [0.3, 0.4) is 0 Å². The fourth-order valence-corrected chi connectivity index (χ4v) is 4.32. The molecule has 1 fully saturated rings. The lowest BCUT2D eigenvalue weighted by Crippen LogP contribution is -2.29. The Morgan fingerprint density at radius 3 is 2.32 bits per heavy atom. The topological polar surface area (TPSA) is 66.5 Å². The Morgan fingerprint density at radius 2 is 1.68 bits per heavy atom. The van der Waals surface area contributed by atoms with Crippen molar-refractivity contribution >= 4 is 21.6 Å². The third-order valence-electron chi connectivity index (χ3n) is 4.40. The van der Waals surface area contributed by atoms with Crippen molar-refractivity contribution in [3.63, 3.8) is 0 Å². The second-order valence-corrected chi connectivity index (χ2v) is 7.98. The van der Waals surface area contributed by atoms with Gasteiger partial charge in [-0.25, -0.2) is 8.42 Å². The molecule has 25 heavy (non-hydrogen) atoms. The van der Waals surface area contributed by atoms with Crippen LogP contribution < -0.4 is 4.72 Å². The molecule has 1 amide bonds. The molecule has 0 unspecified atom stereocenters. The van der Waals surface area contributed by atoms with Crippen LogP contribution in [0.15, 0.2) is 53.4 Å². The highest BCUT2D eigenvalue weighted by Gasteiger charge is 2.19. The summed E-state index contributed by atoms with van der Waals surface area (Å²) in [5, 5.41) is 0. The average Bonchev–Trinajstić information content (AvgIpc) is 3.11. The largest absolute Gasteiger partial charge is 0.342 e. The highest BCUT2D eigenvalue weighted by atomic mass is 32.2. The zero-order chi connectivity index (χ0) is 17.9. The SMILES string of the molecule is Cc1ccccc1S(=O)(=O)Nc1ccc(CC(=O)N2CCCC2)cc1. The fraction of sp³-hybridized carbons (Fsp3) is 0.316. The molecule has 5 nitrogen and oxygen atoms in total. The first-order valence-electron chi connectivity index (χ1n) is 8.41. The first-order chi connectivity index (χ1) is 12.0. The monoisotopic (exact) mass is 358 g/mol. The summed E-state index contributed by atoms with van der Waals surface area (Å²) in [4.78, 5) is 14.3. The first kappa shape index (κ1) is 17.5. The van der Waals surface area contributed by atoms with E-state index in [-0.39, 0.29) is 10.8 Å². The van der Waals surface area contributed by atoms with E-state index in [0.717, 1.165) is 31.5 Å². The number of rotatable bonds is 5. The summed E-state index contributed by atoms with van der Waals surface area (Å²) in [6.45, 7) is 3.45. The summed E-state index contributed by atoms with van der Waals surface area (Å²) in [6, 6.07) is 13.8. The summed E-state index contributed by atoms with van der Waals surface area (Å²) >= 11 is 0. The number of carbonyl (C=O) groups is 1. The standard InChI is InChI=1S/C19H22N2O3S/c1-15-6-2-3-7-18(15)25(23,24)20-17-10-8-16(9-11-17)14-19(22)21-12-4-5-13-21/h2-3,6-11,20H,4-5,12-14H2,1H3. The minimum atomic E-state index is -3.62. The minimum absolute atomic E-state index is 0.130. The Balaban J connectivity index is 1.68. The van der Waals surface area contributed by atoms with Gasteiger partial charge in [-0.05, 0) is 49.1 Å². The van der Waals surface area contributed by atoms with Gasteiger partial charge in [0.05, 0.1) is 11.3 Å². The number of sulfonamides is 1. The van der Waals surface area contributed by atoms with Crippen LogP contribution in [-0.2, 0) is 21.2 Å². The number of benzene rings is 2. The molecule has 0 bridgehead atoms. The van der Waals surface area contributed by atoms with Crippen molar-refractivity contribution in [1.82, 2.24) is 4.90 Å². The molecule has 0 saturated carbocycles. The summed E-state index contributed by atoms with van der Waals surface area (Å²) in [5.41, 5.74) is 2.07. The van der Waals surface area contributed by atoms with E-state index in [1.54, 1.807) is 55.5 Å². The Morgan fingerprint density at radius 1 is 1.04 bits per heavy atom. The van der Waals surface area contributed by atoms with Crippen molar-refractivity contribution in [3.05, 3.63) is 59.7 Å². The van der Waals surface area contributed by atoms with Crippen molar-refractivity contribution in [2.24, 2.45) is 0 Å². The quantitative estimate of drug-likeness (QED) is 0.894. The van der Waals surface area contributed by atoms with Crippen LogP contribution in [0, 0.1) is 6.92 Å². The molecule has 3 rings (SSSR count). The highest BCUT2D eigenvalue weighted by molar-refractivity contribution is 7.92. The summed E-state index contributed by atoms with van der Waals surface area (Å²) in [6.07, 6.45) is 2.50. The number of aryl methyl sites for hydroxylation is 1. The maximum atomic E-state index is 12.5. The molecule has 1 heterocycles. The van der Waals surface area contributed by atoms with Gasteiger partial charge in [-0.3, -0.25) is 9.52 Å². The molecule has 6 heteroatoms. The van der Waals surface area contributed by atoms with Gasteiger partial charge in [0.2, 0.25) is 5.91 Å². The molecule has 0 aliphatic carbocycles. The van der Waals surface area contributed by atoms with Crippen LogP contribution >= 0.6 is 0 Å². The Hall–Kier alpha value is -2.34. The smallest absolute Gasteiger partial charge is 0.262 e. The molecule has 132 valence electrons. The van der Waals surface area contributed by atoms with Crippen LogP contribution in [0.1, 0.15) is 24.0 Å². The Labute approximate surface area is 148 Å². The lowest BCUT2D eigenvalue weighted by molar-refractivity contribution is -0.129. The van der Waals surface area contributed by atoms with E-state index in [1.807, 2.05) is 4.90 Å². The van der Waals surface area contributed by atoms with Gasteiger partial charge < -0.3 is 4.90 Å². The average molecular weight is 358 g/mol. The number of carbonyl (C=O) groups excluding carboxylic acids is 1. The molecular formula is C19H22N2O3S. The van der Waals surface area contributed by atoms with E-state index >= 15 is 0 Å². The van der Waals surface area contributed by atoms with Crippen LogP contribution in [-0.4, -0.2) is 32.3 Å². The predicted octanol–water partition coefficient (Wildman–Crippen LogP) is 2.96. The van der Waals surface area contributed by atoms with E-state index in [4.69, 9.17) is 0 Å². The van der Waals surface area contributed by atoms with E-state index in [0.29, 0.717) is 17.7 Å². The normalized spacial score (nSPS) is 14.5. The van der Waals surface area contributed by atoms with Crippen LogP contribution in [0.5, 0.6) is 0 Å². The molecule has 2 aromatic rings. The minimum Gasteiger partial charge on any atom is -0.342 e. The molecule has 1 aliphatic heterocycles. The van der Waals surface area contributed by atoms with Crippen molar-refractivity contribution in [2.75, 3.05) is 17.8 Å². The lowest BCUT2D eigenvalue weighted by Gasteiger charge is -2.15. The lowest BCUT2D eigenvalue weighted by atomic mass is 10.1. The van der Waals surface area contributed by atoms with Crippen molar-refractivity contribution in [1.29, 1.82) is 0 Å². The van der Waals surface area contributed by atoms with Gasteiger partial charge in [0, 0.05) is 18.8 Å². The summed E-state index contributed by atoms with van der Waals surface area (Å²) < 4.78 is 27.6. The van der Waals surface area contributed by atoms with Crippen molar-refractivity contribution in [3.8, 4) is 0 Å². The van der Waals surface area contributed by atoms with Gasteiger partial charge in [-0.2, -0.15) is 0 Å². The zero-order valence-electron chi connectivity index (χ0n) is 14.2. The summed E-state index contributed by atoms with van der Waals surface area (Å²) in [7, 11) is -3.62. The number of likely N-dealkylation sites (tertiary alicyclic amines) is 1. The van der Waals surface area contributed by atoms with Gasteiger partial charge >= 0.3 is 0 Å². The van der Waals surface area contributed by atoms with Crippen molar-refractivity contribution in [2.45, 2.75) is 31.1 Å². The van der Waals surface area contributed by atoms with E-state index in [1.165, 1.54) is 0 Å². The predicted molar refractivity (Wildman–Crippen MR) is 97.9 cm³/mol. The molecule has 1 aliphatic rings. The molecule has 0 aromatic heterocycles. The van der Waals surface area contributed by atoms with Crippen LogP contribution in [0.2, 0.25) is 0 Å². The third kappa shape index (κ3) is 4.20. The van der Waals surface area contributed by atoms with Crippen molar-refractivity contribution < 1.29 is 13.2 Å². The Kier molecular flexibility index (Phi) is 5.08. The molecule has 1 N–H and O–H groups in total. The summed E-state index contributed by atoms with van der Waals surface area (Å²) in [5.74, 6) is 0.130. The van der Waals surface area contributed by atoms with E-state index < -0.39 is 10.0 Å². The molecule has 0 spiro atoms. The number of amides is 1. The molecule has 0 atom stereocenters. The van der Waals surface area contributed by atoms with Gasteiger partial charge in [0.15, 0.2) is 0 Å². The molecule has 2 aromatic carbocycles. The van der Waals surface area contributed by atoms with Crippen LogP contribution in [0.25, 0.3) is 0 Å². The van der Waals surface area contributed by atoms with Gasteiger partial charge in [0.25, 0.3) is 10.0 Å². The van der Waals surface area contributed by atoms with E-state index in [2.05, 4.69) is 4.72 Å². The second kappa shape index (κ2) is 7.27. The number of hydrogen-bond donors (Lipinski definition) is 1. The number of anilines is 1. The van der Waals surface area contributed by atoms with E-state index in [9.17, 15) is 13.2 Å². The third-order valence-corrected chi connectivity index (χ3v) is 5.94. The highest BCUT2D eigenvalue weighted by Crippen LogP contribution is 2.20. The molecule has 0 radical (unpaired) electrons. The number of hydrogen-bond acceptors (Lipinski definition) is 3. The first-order valence-corrected chi connectivity index (χ1v) is 9.89. The second-order valence-electron chi connectivity index (χ2n) is 6.33. The van der Waals surface area contributed by atoms with Gasteiger partial charge in [-0.15, -0.1) is 0 Å². The van der Waals surface area contributed by atoms with Crippen LogP contribution in [0.4, 0.5) is 5.69 Å². The number of nitrogens with zero attached hydrogens (tertiary/aromatic N) is 1.